The number of ether oxygens (including phenoxy) is 1. The molecule has 8 heteroatoms. The standard InChI is InChI=1S/C20H18Cl2N2O4/c1-24-16-7-3-2-5-13(16)14(9-18(24)26)20(27)23-10-12(25)11-28-17-8-4-6-15(21)19(17)22/h2-9,12,25H,10-11H2,1H3,(H,23,27). The van der Waals surface area contributed by atoms with Gasteiger partial charge < -0.3 is 19.7 Å². The number of nitrogens with zero attached hydrogens (tertiary/aromatic N) is 1. The Balaban J connectivity index is 1.66. The molecule has 0 fully saturated rings. The minimum atomic E-state index is -0.975. The van der Waals surface area contributed by atoms with E-state index in [1.807, 2.05) is 0 Å². The van der Waals surface area contributed by atoms with Crippen LogP contribution in [0, 0.1) is 0 Å². The third-order valence-electron chi connectivity index (χ3n) is 4.24. The Kier molecular flexibility index (Phi) is 6.24. The summed E-state index contributed by atoms with van der Waals surface area (Å²) in [6.45, 7) is -0.141. The molecule has 0 aliphatic heterocycles. The molecule has 0 aliphatic rings. The van der Waals surface area contributed by atoms with Gasteiger partial charge in [0.05, 0.1) is 16.1 Å². The molecule has 1 heterocycles. The van der Waals surface area contributed by atoms with Crippen LogP contribution in [-0.4, -0.2) is 34.8 Å². The third-order valence-corrected chi connectivity index (χ3v) is 5.05. The summed E-state index contributed by atoms with van der Waals surface area (Å²) in [5.41, 5.74) is 0.618. The predicted molar refractivity (Wildman–Crippen MR) is 109 cm³/mol. The lowest BCUT2D eigenvalue weighted by atomic mass is 10.1. The van der Waals surface area contributed by atoms with E-state index in [2.05, 4.69) is 5.32 Å². The van der Waals surface area contributed by atoms with Crippen molar-refractivity contribution in [2.75, 3.05) is 13.2 Å². The molecule has 0 aliphatic carbocycles. The molecule has 0 saturated carbocycles. The first-order chi connectivity index (χ1) is 13.4. The smallest absolute Gasteiger partial charge is 0.252 e. The van der Waals surface area contributed by atoms with Gasteiger partial charge in [0.1, 0.15) is 23.5 Å². The van der Waals surface area contributed by atoms with E-state index in [0.29, 0.717) is 21.7 Å². The summed E-state index contributed by atoms with van der Waals surface area (Å²) in [5, 5.41) is 14.0. The molecule has 0 saturated heterocycles. The molecular weight excluding hydrogens is 403 g/mol. The SMILES string of the molecule is Cn1c(=O)cc(C(=O)NCC(O)COc2cccc(Cl)c2Cl)c2ccccc21. The van der Waals surface area contributed by atoms with Crippen LogP contribution in [-0.2, 0) is 7.05 Å². The number of amides is 1. The van der Waals surface area contributed by atoms with Crippen LogP contribution in [0.1, 0.15) is 10.4 Å². The van der Waals surface area contributed by atoms with Gasteiger partial charge in [0.2, 0.25) is 0 Å². The molecule has 1 amide bonds. The zero-order valence-electron chi connectivity index (χ0n) is 15.0. The largest absolute Gasteiger partial charge is 0.489 e. The molecule has 0 radical (unpaired) electrons. The summed E-state index contributed by atoms with van der Waals surface area (Å²) >= 11 is 11.9. The number of carbonyl (C=O) groups excluding carboxylic acids is 1. The van der Waals surface area contributed by atoms with Gasteiger partial charge in [-0.25, -0.2) is 0 Å². The molecule has 28 heavy (non-hydrogen) atoms. The number of aryl methyl sites for hydroxylation is 1. The van der Waals surface area contributed by atoms with Crippen LogP contribution in [0.5, 0.6) is 5.75 Å². The fraction of sp³-hybridized carbons (Fsp3) is 0.200. The highest BCUT2D eigenvalue weighted by atomic mass is 35.5. The lowest BCUT2D eigenvalue weighted by Gasteiger charge is -2.15. The maximum atomic E-state index is 12.5. The number of benzene rings is 2. The minimum Gasteiger partial charge on any atom is -0.489 e. The molecule has 2 aromatic carbocycles. The molecule has 3 rings (SSSR count). The number of carbonyl (C=O) groups is 1. The molecule has 6 nitrogen and oxygen atoms in total. The van der Waals surface area contributed by atoms with Crippen molar-refractivity contribution in [1.82, 2.24) is 9.88 Å². The van der Waals surface area contributed by atoms with Crippen molar-refractivity contribution in [3.63, 3.8) is 0 Å². The van der Waals surface area contributed by atoms with Crippen molar-refractivity contribution in [3.8, 4) is 5.75 Å². The summed E-state index contributed by atoms with van der Waals surface area (Å²) in [6.07, 6.45) is -0.975. The summed E-state index contributed by atoms with van der Waals surface area (Å²) < 4.78 is 6.93. The number of nitrogens with one attached hydrogen (secondary N) is 1. The van der Waals surface area contributed by atoms with Crippen molar-refractivity contribution in [2.24, 2.45) is 7.05 Å². The van der Waals surface area contributed by atoms with Crippen LogP contribution in [0.2, 0.25) is 10.0 Å². The van der Waals surface area contributed by atoms with Crippen LogP contribution < -0.4 is 15.6 Å². The average molecular weight is 421 g/mol. The first-order valence-corrected chi connectivity index (χ1v) is 9.26. The molecule has 1 atom stereocenters. The highest BCUT2D eigenvalue weighted by Crippen LogP contribution is 2.31. The average Bonchev–Trinajstić information content (AvgIpc) is 2.70. The summed E-state index contributed by atoms with van der Waals surface area (Å²) in [4.78, 5) is 24.7. The fourth-order valence-electron chi connectivity index (χ4n) is 2.74. The molecule has 1 aromatic heterocycles. The minimum absolute atomic E-state index is 0.0550. The molecule has 2 N–H and O–H groups in total. The highest BCUT2D eigenvalue weighted by molar-refractivity contribution is 6.42. The summed E-state index contributed by atoms with van der Waals surface area (Å²) in [5.74, 6) is -0.106. The molecule has 1 unspecified atom stereocenters. The second kappa shape index (κ2) is 8.65. The first-order valence-electron chi connectivity index (χ1n) is 8.50. The third kappa shape index (κ3) is 4.30. The van der Waals surface area contributed by atoms with Gasteiger partial charge in [0.25, 0.3) is 11.5 Å². The summed E-state index contributed by atoms with van der Waals surface area (Å²) in [7, 11) is 1.65. The van der Waals surface area contributed by atoms with Gasteiger partial charge in [-0.3, -0.25) is 9.59 Å². The normalized spacial score (nSPS) is 12.0. The predicted octanol–water partition coefficient (Wildman–Crippen LogP) is 3.02. The Morgan fingerprint density at radius 2 is 1.96 bits per heavy atom. The van der Waals surface area contributed by atoms with E-state index in [0.717, 1.165) is 0 Å². The number of halogens is 2. The number of hydrogen-bond acceptors (Lipinski definition) is 4. The number of hydrogen-bond donors (Lipinski definition) is 2. The second-order valence-corrected chi connectivity index (χ2v) is 6.98. The number of aromatic nitrogens is 1. The molecule has 0 spiro atoms. The van der Waals surface area contributed by atoms with E-state index in [4.69, 9.17) is 27.9 Å². The number of rotatable bonds is 6. The van der Waals surface area contributed by atoms with Crippen molar-refractivity contribution < 1.29 is 14.6 Å². The van der Waals surface area contributed by atoms with E-state index in [9.17, 15) is 14.7 Å². The van der Waals surface area contributed by atoms with Crippen LogP contribution in [0.15, 0.2) is 53.3 Å². The van der Waals surface area contributed by atoms with Gasteiger partial charge in [-0.15, -0.1) is 0 Å². The topological polar surface area (TPSA) is 80.6 Å². The van der Waals surface area contributed by atoms with Crippen LogP contribution in [0.4, 0.5) is 0 Å². The zero-order chi connectivity index (χ0) is 20.3. The molecule has 3 aromatic rings. The quantitative estimate of drug-likeness (QED) is 0.642. The molecular formula is C20H18Cl2N2O4. The van der Waals surface area contributed by atoms with Gasteiger partial charge in [-0.1, -0.05) is 47.5 Å². The van der Waals surface area contributed by atoms with Gasteiger partial charge in [0.15, 0.2) is 0 Å². The van der Waals surface area contributed by atoms with Gasteiger partial charge >= 0.3 is 0 Å². The van der Waals surface area contributed by atoms with Crippen LogP contribution in [0.3, 0.4) is 0 Å². The number of pyridine rings is 1. The van der Waals surface area contributed by atoms with Crippen LogP contribution in [0.25, 0.3) is 10.9 Å². The van der Waals surface area contributed by atoms with Gasteiger partial charge in [-0.2, -0.15) is 0 Å². The Labute approximate surface area is 171 Å². The zero-order valence-corrected chi connectivity index (χ0v) is 16.5. The van der Waals surface area contributed by atoms with E-state index in [1.165, 1.54) is 10.6 Å². The van der Waals surface area contributed by atoms with E-state index >= 15 is 0 Å². The second-order valence-electron chi connectivity index (χ2n) is 6.20. The van der Waals surface area contributed by atoms with Crippen LogP contribution >= 0.6 is 23.2 Å². The molecule has 146 valence electrons. The van der Waals surface area contributed by atoms with E-state index in [-0.39, 0.29) is 29.3 Å². The number of para-hydroxylation sites is 1. The van der Waals surface area contributed by atoms with Crippen molar-refractivity contribution in [3.05, 3.63) is 74.5 Å². The highest BCUT2D eigenvalue weighted by Gasteiger charge is 2.15. The van der Waals surface area contributed by atoms with E-state index in [1.54, 1.807) is 49.5 Å². The molecule has 0 bridgehead atoms. The maximum absolute atomic E-state index is 12.5. The Bertz CT molecular complexity index is 1080. The Morgan fingerprint density at radius 1 is 1.21 bits per heavy atom. The summed E-state index contributed by atoms with van der Waals surface area (Å²) in [6, 6.07) is 13.3. The van der Waals surface area contributed by atoms with Crippen molar-refractivity contribution in [2.45, 2.75) is 6.10 Å². The lowest BCUT2D eigenvalue weighted by molar-refractivity contribution is 0.0845. The van der Waals surface area contributed by atoms with Crippen molar-refractivity contribution >= 4 is 40.0 Å². The maximum Gasteiger partial charge on any atom is 0.252 e. The lowest BCUT2D eigenvalue weighted by Crippen LogP contribution is -2.36. The monoisotopic (exact) mass is 420 g/mol. The Morgan fingerprint density at radius 3 is 2.75 bits per heavy atom. The van der Waals surface area contributed by atoms with Gasteiger partial charge in [-0.05, 0) is 18.2 Å². The van der Waals surface area contributed by atoms with Crippen molar-refractivity contribution in [1.29, 1.82) is 0 Å². The fourth-order valence-corrected chi connectivity index (χ4v) is 3.09. The van der Waals surface area contributed by atoms with Gasteiger partial charge in [0, 0.05) is 25.0 Å². The first kappa shape index (κ1) is 20.2. The number of aliphatic hydroxyl groups is 1. The number of aliphatic hydroxyl groups excluding tert-OH is 1. The Hall–Kier alpha value is -2.54. The van der Waals surface area contributed by atoms with E-state index < -0.39 is 12.0 Å². The number of fused-ring (bicyclic) bond motifs is 1.